The molecule has 1 aromatic rings. The Bertz CT molecular complexity index is 469. The third-order valence-electron chi connectivity index (χ3n) is 2.85. The van der Waals surface area contributed by atoms with Gasteiger partial charge in [-0.15, -0.1) is 11.8 Å². The number of nitrogens with zero attached hydrogens (tertiary/aromatic N) is 3. The van der Waals surface area contributed by atoms with Crippen molar-refractivity contribution < 1.29 is 4.79 Å². The normalized spacial score (nSPS) is 19.1. The Morgan fingerprint density at radius 3 is 3.18 bits per heavy atom. The molecule has 0 aromatic carbocycles. The minimum Gasteiger partial charge on any atom is -0.337 e. The summed E-state index contributed by atoms with van der Waals surface area (Å²) in [7, 11) is 0. The standard InChI is InChI=1S/C12H13N3OS/c1-17-11-6-10(2-4-14-11)12(16)15-5-3-9(7-13)8-15/h2,4,6,9H,3,5,8H2,1H3. The Labute approximate surface area is 105 Å². The second-order valence-corrected chi connectivity index (χ2v) is 4.78. The van der Waals surface area contributed by atoms with Gasteiger partial charge in [0.25, 0.3) is 5.91 Å². The highest BCUT2D eigenvalue weighted by molar-refractivity contribution is 7.98. The Morgan fingerprint density at radius 1 is 1.71 bits per heavy atom. The van der Waals surface area contributed by atoms with Gasteiger partial charge in [0, 0.05) is 24.8 Å². The van der Waals surface area contributed by atoms with Crippen LogP contribution in [0.2, 0.25) is 0 Å². The van der Waals surface area contributed by atoms with Gasteiger partial charge in [-0.2, -0.15) is 5.26 Å². The van der Waals surface area contributed by atoms with Crippen LogP contribution in [0.25, 0.3) is 0 Å². The monoisotopic (exact) mass is 247 g/mol. The molecule has 17 heavy (non-hydrogen) atoms. The number of hydrogen-bond acceptors (Lipinski definition) is 4. The lowest BCUT2D eigenvalue weighted by Gasteiger charge is -2.15. The number of thioether (sulfide) groups is 1. The first kappa shape index (κ1) is 11.9. The van der Waals surface area contributed by atoms with Crippen molar-refractivity contribution in [3.8, 4) is 6.07 Å². The molecule has 1 amide bonds. The number of carbonyl (C=O) groups is 1. The van der Waals surface area contributed by atoms with Gasteiger partial charge in [-0.1, -0.05) is 0 Å². The first-order chi connectivity index (χ1) is 8.24. The Morgan fingerprint density at radius 2 is 2.53 bits per heavy atom. The maximum Gasteiger partial charge on any atom is 0.254 e. The van der Waals surface area contributed by atoms with Gasteiger partial charge in [-0.3, -0.25) is 4.79 Å². The topological polar surface area (TPSA) is 57.0 Å². The summed E-state index contributed by atoms with van der Waals surface area (Å²) in [5.74, 6) is -0.0127. The van der Waals surface area contributed by atoms with Crippen LogP contribution in [0.5, 0.6) is 0 Å². The minimum atomic E-state index is -0.0131. The quantitative estimate of drug-likeness (QED) is 0.748. The van der Waals surface area contributed by atoms with Crippen molar-refractivity contribution in [3.05, 3.63) is 23.9 Å². The second kappa shape index (κ2) is 5.19. The number of nitriles is 1. The minimum absolute atomic E-state index is 0.000417. The van der Waals surface area contributed by atoms with Crippen LogP contribution in [0, 0.1) is 17.2 Å². The van der Waals surface area contributed by atoms with E-state index in [2.05, 4.69) is 11.1 Å². The van der Waals surface area contributed by atoms with E-state index in [9.17, 15) is 4.79 Å². The molecule has 4 nitrogen and oxygen atoms in total. The number of rotatable bonds is 2. The molecule has 1 aliphatic heterocycles. The van der Waals surface area contributed by atoms with E-state index in [1.165, 1.54) is 11.8 Å². The van der Waals surface area contributed by atoms with Gasteiger partial charge in [0.1, 0.15) is 0 Å². The highest BCUT2D eigenvalue weighted by atomic mass is 32.2. The second-order valence-electron chi connectivity index (χ2n) is 3.95. The van der Waals surface area contributed by atoms with Crippen molar-refractivity contribution in [2.75, 3.05) is 19.3 Å². The third kappa shape index (κ3) is 2.59. The van der Waals surface area contributed by atoms with Gasteiger partial charge in [-0.05, 0) is 24.8 Å². The van der Waals surface area contributed by atoms with Gasteiger partial charge in [-0.25, -0.2) is 4.98 Å². The predicted octanol–water partition coefficient (Wildman–Crippen LogP) is 1.79. The lowest BCUT2D eigenvalue weighted by Crippen LogP contribution is -2.28. The summed E-state index contributed by atoms with van der Waals surface area (Å²) in [6, 6.07) is 5.73. The Hall–Kier alpha value is -1.54. The molecule has 0 spiro atoms. The fourth-order valence-corrected chi connectivity index (χ4v) is 2.30. The lowest BCUT2D eigenvalue weighted by molar-refractivity contribution is 0.0789. The Kier molecular flexibility index (Phi) is 3.64. The van der Waals surface area contributed by atoms with Crippen LogP contribution in [-0.2, 0) is 0 Å². The van der Waals surface area contributed by atoms with Crippen LogP contribution in [-0.4, -0.2) is 35.1 Å². The predicted molar refractivity (Wildman–Crippen MR) is 65.6 cm³/mol. The number of pyridine rings is 1. The van der Waals surface area contributed by atoms with Crippen LogP contribution in [0.15, 0.2) is 23.4 Å². The molecular formula is C12H13N3OS. The van der Waals surface area contributed by atoms with E-state index in [0.717, 1.165) is 11.4 Å². The molecule has 1 fully saturated rings. The third-order valence-corrected chi connectivity index (χ3v) is 3.49. The summed E-state index contributed by atoms with van der Waals surface area (Å²) < 4.78 is 0. The summed E-state index contributed by atoms with van der Waals surface area (Å²) in [5, 5.41) is 9.66. The summed E-state index contributed by atoms with van der Waals surface area (Å²) in [4.78, 5) is 18.0. The molecule has 0 bridgehead atoms. The van der Waals surface area contributed by atoms with Crippen LogP contribution in [0.1, 0.15) is 16.8 Å². The molecule has 5 heteroatoms. The molecule has 0 radical (unpaired) electrons. The van der Waals surface area contributed by atoms with E-state index in [1.807, 2.05) is 6.26 Å². The van der Waals surface area contributed by atoms with Crippen LogP contribution < -0.4 is 0 Å². The molecule has 0 N–H and O–H groups in total. The van der Waals surface area contributed by atoms with Crippen molar-refractivity contribution in [1.29, 1.82) is 5.26 Å². The molecule has 0 saturated carbocycles. The summed E-state index contributed by atoms with van der Waals surface area (Å²) in [5.41, 5.74) is 0.655. The van der Waals surface area contributed by atoms with Crippen molar-refractivity contribution in [1.82, 2.24) is 9.88 Å². The largest absolute Gasteiger partial charge is 0.337 e. The molecule has 0 aliphatic carbocycles. The van der Waals surface area contributed by atoms with E-state index < -0.39 is 0 Å². The highest BCUT2D eigenvalue weighted by Crippen LogP contribution is 2.19. The van der Waals surface area contributed by atoms with E-state index in [1.54, 1.807) is 23.2 Å². The maximum atomic E-state index is 12.2. The SMILES string of the molecule is CSc1cc(C(=O)N2CCC(C#N)C2)ccn1. The van der Waals surface area contributed by atoms with E-state index in [-0.39, 0.29) is 11.8 Å². The summed E-state index contributed by atoms with van der Waals surface area (Å²) >= 11 is 1.51. The molecule has 1 aromatic heterocycles. The van der Waals surface area contributed by atoms with Gasteiger partial charge in [0.15, 0.2) is 0 Å². The molecule has 2 heterocycles. The molecule has 1 atom stereocenters. The number of hydrogen-bond donors (Lipinski definition) is 0. The number of likely N-dealkylation sites (tertiary alicyclic amines) is 1. The van der Waals surface area contributed by atoms with Crippen LogP contribution >= 0.6 is 11.8 Å². The molecule has 1 saturated heterocycles. The van der Waals surface area contributed by atoms with Crippen molar-refractivity contribution in [2.45, 2.75) is 11.4 Å². The number of amides is 1. The van der Waals surface area contributed by atoms with Crippen LogP contribution in [0.4, 0.5) is 0 Å². The zero-order valence-corrected chi connectivity index (χ0v) is 10.4. The van der Waals surface area contributed by atoms with Crippen LogP contribution in [0.3, 0.4) is 0 Å². The van der Waals surface area contributed by atoms with Crippen molar-refractivity contribution in [2.24, 2.45) is 5.92 Å². The Balaban J connectivity index is 2.12. The zero-order chi connectivity index (χ0) is 12.3. The average molecular weight is 247 g/mol. The van der Waals surface area contributed by atoms with Gasteiger partial charge in [0.05, 0.1) is 17.0 Å². The smallest absolute Gasteiger partial charge is 0.254 e. The van der Waals surface area contributed by atoms with Crippen molar-refractivity contribution in [3.63, 3.8) is 0 Å². The molecule has 1 aliphatic rings. The summed E-state index contributed by atoms with van der Waals surface area (Å²) in [6.07, 6.45) is 4.36. The van der Waals surface area contributed by atoms with Gasteiger partial charge >= 0.3 is 0 Å². The van der Waals surface area contributed by atoms with E-state index >= 15 is 0 Å². The fraction of sp³-hybridized carbons (Fsp3) is 0.417. The van der Waals surface area contributed by atoms with E-state index in [0.29, 0.717) is 18.7 Å². The van der Waals surface area contributed by atoms with E-state index in [4.69, 9.17) is 5.26 Å². The van der Waals surface area contributed by atoms with Crippen molar-refractivity contribution >= 4 is 17.7 Å². The number of carbonyl (C=O) groups excluding carboxylic acids is 1. The maximum absolute atomic E-state index is 12.2. The zero-order valence-electron chi connectivity index (χ0n) is 9.59. The number of aromatic nitrogens is 1. The average Bonchev–Trinajstić information content (AvgIpc) is 2.86. The van der Waals surface area contributed by atoms with Gasteiger partial charge < -0.3 is 4.90 Å². The molecule has 1 unspecified atom stereocenters. The molecule has 2 rings (SSSR count). The summed E-state index contributed by atoms with van der Waals surface area (Å²) in [6.45, 7) is 1.22. The first-order valence-corrected chi connectivity index (χ1v) is 6.66. The lowest BCUT2D eigenvalue weighted by atomic mass is 10.1. The highest BCUT2D eigenvalue weighted by Gasteiger charge is 2.26. The molecule has 88 valence electrons. The van der Waals surface area contributed by atoms with Gasteiger partial charge in [0.2, 0.25) is 0 Å². The fourth-order valence-electron chi connectivity index (χ4n) is 1.89. The molecular weight excluding hydrogens is 234 g/mol. The first-order valence-electron chi connectivity index (χ1n) is 5.43.